The van der Waals surface area contributed by atoms with Gasteiger partial charge < -0.3 is 10.2 Å². The zero-order valence-corrected chi connectivity index (χ0v) is 9.98. The van der Waals surface area contributed by atoms with Crippen LogP contribution in [0.1, 0.15) is 25.7 Å². The number of rotatable bonds is 3. The predicted octanol–water partition coefficient (Wildman–Crippen LogP) is 1.57. The van der Waals surface area contributed by atoms with E-state index in [2.05, 4.69) is 29.0 Å². The third-order valence-electron chi connectivity index (χ3n) is 3.42. The highest BCUT2D eigenvalue weighted by atomic mass is 32.2. The molecule has 0 spiro atoms. The molecule has 0 saturated carbocycles. The first-order chi connectivity index (χ1) is 6.88. The summed E-state index contributed by atoms with van der Waals surface area (Å²) in [7, 11) is 2.09. The number of likely N-dealkylation sites (N-methyl/N-ethyl adjacent to an activating group) is 1. The second-order valence-electron chi connectivity index (χ2n) is 4.52. The van der Waals surface area contributed by atoms with Crippen molar-refractivity contribution in [3.63, 3.8) is 0 Å². The van der Waals surface area contributed by atoms with Crippen molar-refractivity contribution in [1.82, 2.24) is 10.2 Å². The summed E-state index contributed by atoms with van der Waals surface area (Å²) in [4.78, 5) is 2.64. The molecule has 2 aliphatic heterocycles. The van der Waals surface area contributed by atoms with E-state index in [-0.39, 0.29) is 0 Å². The fourth-order valence-electron chi connectivity index (χ4n) is 2.47. The van der Waals surface area contributed by atoms with Gasteiger partial charge >= 0.3 is 0 Å². The maximum Gasteiger partial charge on any atom is 0.0204 e. The lowest BCUT2D eigenvalue weighted by molar-refractivity contribution is 0.323. The molecule has 0 aliphatic carbocycles. The van der Waals surface area contributed by atoms with E-state index >= 15 is 0 Å². The lowest BCUT2D eigenvalue weighted by Crippen LogP contribution is -2.34. The summed E-state index contributed by atoms with van der Waals surface area (Å²) in [6.45, 7) is 3.92. The molecular formula is C11H22N2S. The lowest BCUT2D eigenvalue weighted by Gasteiger charge is -2.26. The second kappa shape index (κ2) is 5.38. The summed E-state index contributed by atoms with van der Waals surface area (Å²) < 4.78 is 0. The molecule has 2 fully saturated rings. The average molecular weight is 214 g/mol. The molecule has 2 heterocycles. The minimum absolute atomic E-state index is 0.753. The Bertz CT molecular complexity index is 169. The normalized spacial score (nSPS) is 34.9. The van der Waals surface area contributed by atoms with Gasteiger partial charge in [0, 0.05) is 24.4 Å². The summed E-state index contributed by atoms with van der Waals surface area (Å²) in [5.41, 5.74) is 0. The van der Waals surface area contributed by atoms with Crippen LogP contribution in [-0.2, 0) is 0 Å². The molecule has 14 heavy (non-hydrogen) atoms. The van der Waals surface area contributed by atoms with Gasteiger partial charge in [-0.15, -0.1) is 0 Å². The minimum atomic E-state index is 0.753. The van der Waals surface area contributed by atoms with Gasteiger partial charge in [0.25, 0.3) is 0 Å². The van der Waals surface area contributed by atoms with Gasteiger partial charge in [0.2, 0.25) is 0 Å². The largest absolute Gasteiger partial charge is 0.316 e. The van der Waals surface area contributed by atoms with E-state index < -0.39 is 0 Å². The highest BCUT2D eigenvalue weighted by molar-refractivity contribution is 7.99. The van der Waals surface area contributed by atoms with Crippen molar-refractivity contribution in [2.24, 2.45) is 0 Å². The topological polar surface area (TPSA) is 15.3 Å². The van der Waals surface area contributed by atoms with Gasteiger partial charge in [-0.1, -0.05) is 6.42 Å². The minimum Gasteiger partial charge on any atom is -0.316 e. The molecular weight excluding hydrogens is 192 g/mol. The van der Waals surface area contributed by atoms with E-state index in [1.54, 1.807) is 0 Å². The molecule has 0 aromatic carbocycles. The number of likely N-dealkylation sites (tertiary alicyclic amines) is 1. The smallest absolute Gasteiger partial charge is 0.0204 e. The number of nitrogens with one attached hydrogen (secondary N) is 1. The molecule has 2 rings (SSSR count). The average Bonchev–Trinajstić information content (AvgIpc) is 2.67. The summed E-state index contributed by atoms with van der Waals surface area (Å²) in [5.74, 6) is 1.40. The van der Waals surface area contributed by atoms with Crippen molar-refractivity contribution in [3.8, 4) is 0 Å². The molecule has 2 aliphatic rings. The molecule has 82 valence electrons. The molecule has 3 heteroatoms. The Balaban J connectivity index is 1.69. The molecule has 0 bridgehead atoms. The van der Waals surface area contributed by atoms with Crippen molar-refractivity contribution in [2.75, 3.05) is 32.4 Å². The Labute approximate surface area is 91.8 Å². The molecule has 0 amide bonds. The molecule has 1 N–H and O–H groups in total. The lowest BCUT2D eigenvalue weighted by atomic mass is 10.2. The molecule has 2 unspecified atom stereocenters. The van der Waals surface area contributed by atoms with Gasteiger partial charge in [0.05, 0.1) is 0 Å². The summed E-state index contributed by atoms with van der Waals surface area (Å²) in [6, 6.07) is 0.753. The van der Waals surface area contributed by atoms with Crippen LogP contribution in [-0.4, -0.2) is 48.6 Å². The maximum absolute atomic E-state index is 3.38. The van der Waals surface area contributed by atoms with Crippen molar-refractivity contribution in [1.29, 1.82) is 0 Å². The Morgan fingerprint density at radius 3 is 2.93 bits per heavy atom. The zero-order valence-electron chi connectivity index (χ0n) is 9.17. The fraction of sp³-hybridized carbons (Fsp3) is 1.00. The third kappa shape index (κ3) is 2.88. The van der Waals surface area contributed by atoms with Crippen molar-refractivity contribution in [2.45, 2.75) is 37.0 Å². The third-order valence-corrected chi connectivity index (χ3v) is 4.80. The van der Waals surface area contributed by atoms with E-state index in [1.807, 2.05) is 0 Å². The van der Waals surface area contributed by atoms with Crippen molar-refractivity contribution >= 4 is 11.8 Å². The standard InChI is InChI=1S/C11H22N2S/c1-12-10-5-6-13(8-10)9-11-4-2-3-7-14-11/h10-12H,2-9H2,1H3. The second-order valence-corrected chi connectivity index (χ2v) is 5.93. The van der Waals surface area contributed by atoms with E-state index in [0.29, 0.717) is 0 Å². The van der Waals surface area contributed by atoms with Crippen LogP contribution in [0.5, 0.6) is 0 Å². The van der Waals surface area contributed by atoms with Crippen LogP contribution >= 0.6 is 11.8 Å². The SMILES string of the molecule is CNC1CCN(CC2CCCCS2)C1. The maximum atomic E-state index is 3.38. The van der Waals surface area contributed by atoms with Crippen molar-refractivity contribution in [3.05, 3.63) is 0 Å². The van der Waals surface area contributed by atoms with Crippen molar-refractivity contribution < 1.29 is 0 Å². The van der Waals surface area contributed by atoms with Gasteiger partial charge in [-0.2, -0.15) is 11.8 Å². The molecule has 2 atom stereocenters. The van der Waals surface area contributed by atoms with E-state index in [4.69, 9.17) is 0 Å². The highest BCUT2D eigenvalue weighted by Crippen LogP contribution is 2.26. The Kier molecular flexibility index (Phi) is 4.14. The molecule has 0 aromatic rings. The number of thioether (sulfide) groups is 1. The van der Waals surface area contributed by atoms with Crippen LogP contribution in [0.15, 0.2) is 0 Å². The van der Waals surface area contributed by atoms with Gasteiger partial charge in [0.15, 0.2) is 0 Å². The summed E-state index contributed by atoms with van der Waals surface area (Å²) in [6.07, 6.45) is 5.69. The van der Waals surface area contributed by atoms with Crippen LogP contribution in [0.3, 0.4) is 0 Å². The van der Waals surface area contributed by atoms with Gasteiger partial charge in [0.1, 0.15) is 0 Å². The highest BCUT2D eigenvalue weighted by Gasteiger charge is 2.24. The number of hydrogen-bond acceptors (Lipinski definition) is 3. The Morgan fingerprint density at radius 2 is 2.29 bits per heavy atom. The van der Waals surface area contributed by atoms with Gasteiger partial charge in [-0.05, 0) is 38.6 Å². The Hall–Kier alpha value is 0.270. The Morgan fingerprint density at radius 1 is 1.36 bits per heavy atom. The monoisotopic (exact) mass is 214 g/mol. The van der Waals surface area contributed by atoms with Gasteiger partial charge in [-0.25, -0.2) is 0 Å². The van der Waals surface area contributed by atoms with E-state index in [0.717, 1.165) is 11.3 Å². The van der Waals surface area contributed by atoms with Crippen LogP contribution < -0.4 is 5.32 Å². The number of hydrogen-bond donors (Lipinski definition) is 1. The molecule has 0 radical (unpaired) electrons. The number of nitrogens with zero attached hydrogens (tertiary/aromatic N) is 1. The van der Waals surface area contributed by atoms with Crippen LogP contribution in [0.4, 0.5) is 0 Å². The zero-order chi connectivity index (χ0) is 9.80. The first-order valence-corrected chi connectivity index (χ1v) is 6.94. The van der Waals surface area contributed by atoms with Crippen LogP contribution in [0, 0.1) is 0 Å². The molecule has 2 nitrogen and oxygen atoms in total. The fourth-order valence-corrected chi connectivity index (χ4v) is 3.83. The van der Waals surface area contributed by atoms with E-state index in [9.17, 15) is 0 Å². The van der Waals surface area contributed by atoms with Crippen LogP contribution in [0.25, 0.3) is 0 Å². The predicted molar refractivity (Wildman–Crippen MR) is 64.0 cm³/mol. The van der Waals surface area contributed by atoms with Gasteiger partial charge in [-0.3, -0.25) is 0 Å². The molecule has 2 saturated heterocycles. The first kappa shape index (κ1) is 10.8. The summed E-state index contributed by atoms with van der Waals surface area (Å²) in [5, 5.41) is 4.31. The quantitative estimate of drug-likeness (QED) is 0.768. The molecule has 0 aromatic heterocycles. The first-order valence-electron chi connectivity index (χ1n) is 5.89. The van der Waals surface area contributed by atoms with Crippen LogP contribution in [0.2, 0.25) is 0 Å². The van der Waals surface area contributed by atoms with E-state index in [1.165, 1.54) is 51.1 Å². The summed E-state index contributed by atoms with van der Waals surface area (Å²) >= 11 is 2.20.